The fourth-order valence-corrected chi connectivity index (χ4v) is 3.86. The third kappa shape index (κ3) is 3.13. The fourth-order valence-electron chi connectivity index (χ4n) is 3.86. The van der Waals surface area contributed by atoms with Crippen LogP contribution >= 0.6 is 0 Å². The highest BCUT2D eigenvalue weighted by Crippen LogP contribution is 2.31. The molecule has 2 aromatic carbocycles. The summed E-state index contributed by atoms with van der Waals surface area (Å²) >= 11 is 0. The minimum atomic E-state index is 0.0199. The summed E-state index contributed by atoms with van der Waals surface area (Å²) < 4.78 is 2.19. The number of nitrogens with one attached hydrogen (secondary N) is 1. The molecule has 0 saturated heterocycles. The zero-order valence-electron chi connectivity index (χ0n) is 15.4. The van der Waals surface area contributed by atoms with Gasteiger partial charge in [-0.1, -0.05) is 42.5 Å². The van der Waals surface area contributed by atoms with E-state index in [1.54, 1.807) is 0 Å². The number of carbonyl (C=O) groups excluding carboxylic acids is 1. The van der Waals surface area contributed by atoms with Gasteiger partial charge >= 0.3 is 0 Å². The molecule has 1 aliphatic rings. The highest BCUT2D eigenvalue weighted by atomic mass is 16.1. The van der Waals surface area contributed by atoms with E-state index in [0.717, 1.165) is 42.4 Å². The fraction of sp³-hybridized carbons (Fsp3) is 0.318. The van der Waals surface area contributed by atoms with Gasteiger partial charge in [-0.05, 0) is 44.1 Å². The average molecular weight is 347 g/mol. The van der Waals surface area contributed by atoms with Crippen molar-refractivity contribution in [3.05, 3.63) is 71.4 Å². The van der Waals surface area contributed by atoms with E-state index in [2.05, 4.69) is 59.2 Å². The summed E-state index contributed by atoms with van der Waals surface area (Å²) in [5.41, 5.74) is 4.50. The molecular formula is C22H25N3O. The number of amides is 1. The minimum Gasteiger partial charge on any atom is -0.345 e. The maximum absolute atomic E-state index is 13.0. The number of aryl methyl sites for hydroxylation is 1. The maximum atomic E-state index is 13.0. The number of aromatic nitrogens is 1. The summed E-state index contributed by atoms with van der Waals surface area (Å²) in [5, 5.41) is 4.28. The lowest BCUT2D eigenvalue weighted by atomic mass is 10.1. The molecule has 3 aromatic rings. The van der Waals surface area contributed by atoms with E-state index in [-0.39, 0.29) is 11.9 Å². The Bertz CT molecular complexity index is 941. The maximum Gasteiger partial charge on any atom is 0.253 e. The molecule has 1 atom stereocenters. The minimum absolute atomic E-state index is 0.0199. The van der Waals surface area contributed by atoms with Gasteiger partial charge in [-0.15, -0.1) is 0 Å². The van der Waals surface area contributed by atoms with Gasteiger partial charge in [0.2, 0.25) is 0 Å². The SMILES string of the molecule is CN(C)CCn1cc(C(=O)N[C@@H]2CCc3ccccc32)c2ccccc21. The number of fused-ring (bicyclic) bond motifs is 2. The number of benzene rings is 2. The Morgan fingerprint density at radius 1 is 1.15 bits per heavy atom. The Labute approximate surface area is 154 Å². The van der Waals surface area contributed by atoms with Crippen LogP contribution in [-0.2, 0) is 13.0 Å². The quantitative estimate of drug-likeness (QED) is 0.765. The molecule has 0 spiro atoms. The van der Waals surface area contributed by atoms with Crippen LogP contribution in [0.15, 0.2) is 54.7 Å². The first kappa shape index (κ1) is 16.9. The van der Waals surface area contributed by atoms with Crippen molar-refractivity contribution in [3.8, 4) is 0 Å². The van der Waals surface area contributed by atoms with E-state index in [1.807, 2.05) is 24.4 Å². The topological polar surface area (TPSA) is 37.3 Å². The lowest BCUT2D eigenvalue weighted by Gasteiger charge is -2.13. The second-order valence-electron chi connectivity index (χ2n) is 7.32. The molecule has 26 heavy (non-hydrogen) atoms. The summed E-state index contributed by atoms with van der Waals surface area (Å²) in [7, 11) is 4.13. The predicted molar refractivity (Wildman–Crippen MR) is 105 cm³/mol. The van der Waals surface area contributed by atoms with Crippen molar-refractivity contribution in [2.24, 2.45) is 0 Å². The second kappa shape index (κ2) is 6.96. The number of likely N-dealkylation sites (N-methyl/N-ethyl adjacent to an activating group) is 1. The zero-order chi connectivity index (χ0) is 18.1. The Morgan fingerprint density at radius 3 is 2.77 bits per heavy atom. The van der Waals surface area contributed by atoms with Crippen LogP contribution < -0.4 is 5.32 Å². The summed E-state index contributed by atoms with van der Waals surface area (Å²) in [6.45, 7) is 1.81. The molecule has 1 N–H and O–H groups in total. The largest absolute Gasteiger partial charge is 0.345 e. The van der Waals surface area contributed by atoms with Crippen LogP contribution in [0.5, 0.6) is 0 Å². The zero-order valence-corrected chi connectivity index (χ0v) is 15.4. The van der Waals surface area contributed by atoms with E-state index in [9.17, 15) is 4.79 Å². The molecule has 1 heterocycles. The molecule has 4 heteroatoms. The van der Waals surface area contributed by atoms with Crippen LogP contribution in [0.3, 0.4) is 0 Å². The molecule has 0 bridgehead atoms. The summed E-state index contributed by atoms with van der Waals surface area (Å²) in [6, 6.07) is 16.7. The van der Waals surface area contributed by atoms with E-state index in [1.165, 1.54) is 11.1 Å². The van der Waals surface area contributed by atoms with Crippen molar-refractivity contribution in [2.45, 2.75) is 25.4 Å². The molecule has 0 unspecified atom stereocenters. The van der Waals surface area contributed by atoms with Gasteiger partial charge in [0.1, 0.15) is 0 Å². The highest BCUT2D eigenvalue weighted by Gasteiger charge is 2.25. The van der Waals surface area contributed by atoms with Crippen LogP contribution in [0.2, 0.25) is 0 Å². The smallest absolute Gasteiger partial charge is 0.253 e. The van der Waals surface area contributed by atoms with Crippen LogP contribution in [-0.4, -0.2) is 36.0 Å². The molecule has 1 aliphatic carbocycles. The lowest BCUT2D eigenvalue weighted by Crippen LogP contribution is -2.27. The van der Waals surface area contributed by atoms with E-state index in [0.29, 0.717) is 0 Å². The van der Waals surface area contributed by atoms with Crippen molar-refractivity contribution in [2.75, 3.05) is 20.6 Å². The van der Waals surface area contributed by atoms with Crippen molar-refractivity contribution in [1.29, 1.82) is 0 Å². The molecule has 0 fully saturated rings. The number of hydrogen-bond donors (Lipinski definition) is 1. The van der Waals surface area contributed by atoms with E-state index >= 15 is 0 Å². The monoisotopic (exact) mass is 347 g/mol. The van der Waals surface area contributed by atoms with Crippen molar-refractivity contribution in [1.82, 2.24) is 14.8 Å². The second-order valence-corrected chi connectivity index (χ2v) is 7.32. The first-order valence-corrected chi connectivity index (χ1v) is 9.25. The molecule has 4 rings (SSSR count). The Balaban J connectivity index is 1.61. The number of carbonyl (C=O) groups is 1. The van der Waals surface area contributed by atoms with E-state index in [4.69, 9.17) is 0 Å². The predicted octanol–water partition coefficient (Wildman–Crippen LogP) is 3.62. The molecule has 0 aliphatic heterocycles. The number of hydrogen-bond acceptors (Lipinski definition) is 2. The first-order chi connectivity index (χ1) is 12.6. The van der Waals surface area contributed by atoms with Crippen LogP contribution in [0, 0.1) is 0 Å². The van der Waals surface area contributed by atoms with Crippen molar-refractivity contribution < 1.29 is 4.79 Å². The van der Waals surface area contributed by atoms with Gasteiger partial charge in [-0.25, -0.2) is 0 Å². The van der Waals surface area contributed by atoms with Crippen molar-refractivity contribution in [3.63, 3.8) is 0 Å². The van der Waals surface area contributed by atoms with Gasteiger partial charge < -0.3 is 14.8 Å². The van der Waals surface area contributed by atoms with Gasteiger partial charge in [0.15, 0.2) is 0 Å². The third-order valence-electron chi connectivity index (χ3n) is 5.26. The Morgan fingerprint density at radius 2 is 1.92 bits per heavy atom. The Kier molecular flexibility index (Phi) is 4.51. The molecule has 1 aromatic heterocycles. The van der Waals surface area contributed by atoms with Crippen LogP contribution in [0.25, 0.3) is 10.9 Å². The molecule has 0 saturated carbocycles. The van der Waals surface area contributed by atoms with Gasteiger partial charge in [0, 0.05) is 30.2 Å². The van der Waals surface area contributed by atoms with Gasteiger partial charge in [-0.3, -0.25) is 4.79 Å². The first-order valence-electron chi connectivity index (χ1n) is 9.25. The lowest BCUT2D eigenvalue weighted by molar-refractivity contribution is 0.0938. The van der Waals surface area contributed by atoms with Gasteiger partial charge in [0.25, 0.3) is 5.91 Å². The normalized spacial score (nSPS) is 16.2. The van der Waals surface area contributed by atoms with Crippen LogP contribution in [0.1, 0.15) is 33.9 Å². The third-order valence-corrected chi connectivity index (χ3v) is 5.26. The Hall–Kier alpha value is -2.59. The number of nitrogens with zero attached hydrogens (tertiary/aromatic N) is 2. The summed E-state index contributed by atoms with van der Waals surface area (Å²) in [4.78, 5) is 15.2. The molecule has 134 valence electrons. The summed E-state index contributed by atoms with van der Waals surface area (Å²) in [6.07, 6.45) is 4.01. The molecular weight excluding hydrogens is 322 g/mol. The van der Waals surface area contributed by atoms with Crippen LogP contribution in [0.4, 0.5) is 0 Å². The van der Waals surface area contributed by atoms with Crippen molar-refractivity contribution >= 4 is 16.8 Å². The standard InChI is InChI=1S/C22H25N3O/c1-24(2)13-14-25-15-19(18-9-5-6-10-21(18)25)22(26)23-20-12-11-16-7-3-4-8-17(16)20/h3-10,15,20H,11-14H2,1-2H3,(H,23,26)/t20-/m1/s1. The highest BCUT2D eigenvalue weighted by molar-refractivity contribution is 6.07. The molecule has 1 amide bonds. The average Bonchev–Trinajstić information content (AvgIpc) is 3.22. The molecule has 4 nitrogen and oxygen atoms in total. The summed E-state index contributed by atoms with van der Waals surface area (Å²) in [5.74, 6) is 0.0199. The number of para-hydroxylation sites is 1. The van der Waals surface area contributed by atoms with E-state index < -0.39 is 0 Å². The van der Waals surface area contributed by atoms with Gasteiger partial charge in [-0.2, -0.15) is 0 Å². The van der Waals surface area contributed by atoms with Gasteiger partial charge in [0.05, 0.1) is 11.6 Å². The molecule has 0 radical (unpaired) electrons. The number of rotatable bonds is 5.